The Balaban J connectivity index is 1.88. The van der Waals surface area contributed by atoms with Crippen LogP contribution in [-0.4, -0.2) is 57.7 Å². The molecule has 7 nitrogen and oxygen atoms in total. The lowest BCUT2D eigenvalue weighted by atomic mass is 9.95. The fourth-order valence-electron chi connectivity index (χ4n) is 3.72. The molecule has 3 amide bonds. The van der Waals surface area contributed by atoms with Crippen LogP contribution in [0, 0.1) is 11.8 Å². The van der Waals surface area contributed by atoms with Gasteiger partial charge in [-0.1, -0.05) is 26.0 Å². The minimum Gasteiger partial charge on any atom is -0.481 e. The summed E-state index contributed by atoms with van der Waals surface area (Å²) in [6.45, 7) is 4.12. The highest BCUT2D eigenvalue weighted by atomic mass is 16.4. The van der Waals surface area contributed by atoms with E-state index in [-0.39, 0.29) is 18.4 Å². The Labute approximate surface area is 151 Å². The summed E-state index contributed by atoms with van der Waals surface area (Å²) in [4.78, 5) is 52.4. The molecule has 3 rings (SSSR count). The van der Waals surface area contributed by atoms with Gasteiger partial charge in [-0.2, -0.15) is 0 Å². The summed E-state index contributed by atoms with van der Waals surface area (Å²) >= 11 is 0. The van der Waals surface area contributed by atoms with Crippen molar-refractivity contribution < 1.29 is 24.3 Å². The molecule has 138 valence electrons. The standard InChI is InChI=1S/C19H22N2O5/c1-11(2)15(18(24)20-9-5-6-12(10-20)19(25)26)21-16(22)13-7-3-4-8-14(13)17(21)23/h3-4,7-8,11-12,15H,5-6,9-10H2,1-2H3,(H,25,26). The average Bonchev–Trinajstić information content (AvgIpc) is 2.87. The lowest BCUT2D eigenvalue weighted by Crippen LogP contribution is -2.55. The number of carboxylic acids is 1. The van der Waals surface area contributed by atoms with Crippen molar-refractivity contribution in [3.63, 3.8) is 0 Å². The summed E-state index contributed by atoms with van der Waals surface area (Å²) in [5, 5.41) is 9.24. The van der Waals surface area contributed by atoms with E-state index in [2.05, 4.69) is 0 Å². The Morgan fingerprint density at radius 3 is 2.19 bits per heavy atom. The number of carbonyl (C=O) groups is 4. The van der Waals surface area contributed by atoms with E-state index in [4.69, 9.17) is 0 Å². The molecule has 2 heterocycles. The van der Waals surface area contributed by atoms with Crippen LogP contribution in [0.15, 0.2) is 24.3 Å². The predicted molar refractivity (Wildman–Crippen MR) is 92.5 cm³/mol. The van der Waals surface area contributed by atoms with E-state index in [1.165, 1.54) is 4.90 Å². The summed E-state index contributed by atoms with van der Waals surface area (Å²) in [6.07, 6.45) is 1.12. The van der Waals surface area contributed by atoms with Gasteiger partial charge in [0, 0.05) is 13.1 Å². The molecule has 0 aliphatic carbocycles. The third kappa shape index (κ3) is 2.98. The van der Waals surface area contributed by atoms with Gasteiger partial charge in [-0.25, -0.2) is 0 Å². The number of carboxylic acid groups (broad SMARTS) is 1. The number of fused-ring (bicyclic) bond motifs is 1. The Morgan fingerprint density at radius 2 is 1.69 bits per heavy atom. The van der Waals surface area contributed by atoms with E-state index in [0.29, 0.717) is 30.5 Å². The van der Waals surface area contributed by atoms with Gasteiger partial charge in [0.1, 0.15) is 6.04 Å². The third-order valence-corrected chi connectivity index (χ3v) is 5.07. The van der Waals surface area contributed by atoms with E-state index in [1.54, 1.807) is 38.1 Å². The number of aliphatic carboxylic acids is 1. The molecule has 2 aliphatic rings. The van der Waals surface area contributed by atoms with Crippen LogP contribution in [0.2, 0.25) is 0 Å². The van der Waals surface area contributed by atoms with Gasteiger partial charge in [-0.05, 0) is 30.9 Å². The Kier molecular flexibility index (Phi) is 4.80. The van der Waals surface area contributed by atoms with Crippen LogP contribution in [0.25, 0.3) is 0 Å². The van der Waals surface area contributed by atoms with Crippen molar-refractivity contribution in [2.75, 3.05) is 13.1 Å². The first kappa shape index (κ1) is 18.1. The zero-order chi connectivity index (χ0) is 19.0. The molecule has 1 N–H and O–H groups in total. The maximum absolute atomic E-state index is 13.1. The van der Waals surface area contributed by atoms with Crippen molar-refractivity contribution in [3.8, 4) is 0 Å². The predicted octanol–water partition coefficient (Wildman–Crippen LogP) is 1.63. The van der Waals surface area contributed by atoms with Crippen LogP contribution in [0.3, 0.4) is 0 Å². The lowest BCUT2D eigenvalue weighted by Gasteiger charge is -2.37. The van der Waals surface area contributed by atoms with Crippen molar-refractivity contribution in [1.29, 1.82) is 0 Å². The van der Waals surface area contributed by atoms with E-state index in [9.17, 15) is 24.3 Å². The Morgan fingerprint density at radius 1 is 1.12 bits per heavy atom. The van der Waals surface area contributed by atoms with Crippen LogP contribution < -0.4 is 0 Å². The maximum Gasteiger partial charge on any atom is 0.308 e. The number of hydrogen-bond donors (Lipinski definition) is 1. The molecule has 1 aromatic carbocycles. The molecule has 2 aliphatic heterocycles. The smallest absolute Gasteiger partial charge is 0.308 e. The van der Waals surface area contributed by atoms with E-state index in [0.717, 1.165) is 4.90 Å². The zero-order valence-electron chi connectivity index (χ0n) is 14.8. The number of rotatable bonds is 4. The zero-order valence-corrected chi connectivity index (χ0v) is 14.8. The number of likely N-dealkylation sites (tertiary alicyclic amines) is 1. The summed E-state index contributed by atoms with van der Waals surface area (Å²) in [6, 6.07) is 5.59. The van der Waals surface area contributed by atoms with E-state index in [1.807, 2.05) is 0 Å². The highest BCUT2D eigenvalue weighted by Gasteiger charge is 2.45. The van der Waals surface area contributed by atoms with Crippen LogP contribution in [-0.2, 0) is 9.59 Å². The molecule has 1 saturated heterocycles. The van der Waals surface area contributed by atoms with Crippen molar-refractivity contribution in [2.45, 2.75) is 32.7 Å². The first-order valence-electron chi connectivity index (χ1n) is 8.81. The fourth-order valence-corrected chi connectivity index (χ4v) is 3.72. The fraction of sp³-hybridized carbons (Fsp3) is 0.474. The molecule has 26 heavy (non-hydrogen) atoms. The van der Waals surface area contributed by atoms with Crippen LogP contribution in [0.1, 0.15) is 47.4 Å². The number of carbonyl (C=O) groups excluding carboxylic acids is 3. The molecular weight excluding hydrogens is 336 g/mol. The molecule has 0 saturated carbocycles. The molecule has 0 aromatic heterocycles. The molecule has 0 radical (unpaired) electrons. The van der Waals surface area contributed by atoms with Gasteiger partial charge in [-0.15, -0.1) is 0 Å². The SMILES string of the molecule is CC(C)C(C(=O)N1CCCC(C(=O)O)C1)N1C(=O)c2ccccc2C1=O. The van der Waals surface area contributed by atoms with Crippen LogP contribution >= 0.6 is 0 Å². The topological polar surface area (TPSA) is 95.0 Å². The highest BCUT2D eigenvalue weighted by Crippen LogP contribution is 2.29. The van der Waals surface area contributed by atoms with E-state index < -0.39 is 29.7 Å². The third-order valence-electron chi connectivity index (χ3n) is 5.07. The molecule has 0 bridgehead atoms. The molecular formula is C19H22N2O5. The average molecular weight is 358 g/mol. The van der Waals surface area contributed by atoms with Crippen molar-refractivity contribution in [3.05, 3.63) is 35.4 Å². The maximum atomic E-state index is 13.1. The molecule has 2 atom stereocenters. The summed E-state index contributed by atoms with van der Waals surface area (Å²) in [5.74, 6) is -3.11. The second-order valence-electron chi connectivity index (χ2n) is 7.18. The number of nitrogens with zero attached hydrogens (tertiary/aromatic N) is 2. The van der Waals surface area contributed by atoms with Gasteiger partial charge in [0.15, 0.2) is 0 Å². The van der Waals surface area contributed by atoms with Gasteiger partial charge < -0.3 is 10.0 Å². The summed E-state index contributed by atoms with van der Waals surface area (Å²) < 4.78 is 0. The summed E-state index contributed by atoms with van der Waals surface area (Å²) in [7, 11) is 0. The van der Waals surface area contributed by atoms with Gasteiger partial charge in [0.05, 0.1) is 17.0 Å². The number of amides is 3. The number of benzene rings is 1. The summed E-state index contributed by atoms with van der Waals surface area (Å²) in [5.41, 5.74) is 0.607. The van der Waals surface area contributed by atoms with Crippen molar-refractivity contribution in [2.24, 2.45) is 11.8 Å². The number of piperidine rings is 1. The van der Waals surface area contributed by atoms with Gasteiger partial charge >= 0.3 is 5.97 Å². The second kappa shape index (κ2) is 6.90. The molecule has 0 spiro atoms. The highest BCUT2D eigenvalue weighted by molar-refractivity contribution is 6.22. The first-order valence-corrected chi connectivity index (χ1v) is 8.81. The van der Waals surface area contributed by atoms with E-state index >= 15 is 0 Å². The monoisotopic (exact) mass is 358 g/mol. The largest absolute Gasteiger partial charge is 0.481 e. The number of imide groups is 1. The van der Waals surface area contributed by atoms with Crippen molar-refractivity contribution >= 4 is 23.7 Å². The normalized spacial score (nSPS) is 21.1. The second-order valence-corrected chi connectivity index (χ2v) is 7.18. The molecule has 1 aromatic rings. The number of hydrogen-bond acceptors (Lipinski definition) is 4. The van der Waals surface area contributed by atoms with Gasteiger partial charge in [0.2, 0.25) is 5.91 Å². The quantitative estimate of drug-likeness (QED) is 0.826. The van der Waals surface area contributed by atoms with Gasteiger partial charge in [0.25, 0.3) is 11.8 Å². The lowest BCUT2D eigenvalue weighted by molar-refractivity contribution is -0.147. The minimum atomic E-state index is -0.935. The Hall–Kier alpha value is -2.70. The Bertz CT molecular complexity index is 738. The minimum absolute atomic E-state index is 0.112. The molecule has 2 unspecified atom stereocenters. The molecule has 1 fully saturated rings. The first-order chi connectivity index (χ1) is 12.3. The van der Waals surface area contributed by atoms with Gasteiger partial charge in [-0.3, -0.25) is 24.1 Å². The van der Waals surface area contributed by atoms with Crippen LogP contribution in [0.4, 0.5) is 0 Å². The molecule has 7 heteroatoms. The van der Waals surface area contributed by atoms with Crippen molar-refractivity contribution in [1.82, 2.24) is 9.80 Å². The van der Waals surface area contributed by atoms with Crippen LogP contribution in [0.5, 0.6) is 0 Å².